The monoisotopic (exact) mass is 636 g/mol. The van der Waals surface area contributed by atoms with E-state index in [1.807, 2.05) is 45.0 Å². The Balaban J connectivity index is 1.49. The molecular formula is C37H37FN4O5. The Morgan fingerprint density at radius 2 is 1.66 bits per heavy atom. The van der Waals surface area contributed by atoms with E-state index in [1.165, 1.54) is 22.9 Å². The topological polar surface area (TPSA) is 104 Å². The van der Waals surface area contributed by atoms with Crippen LogP contribution < -0.4 is 25.1 Å². The minimum Gasteiger partial charge on any atom is -0.494 e. The fourth-order valence-corrected chi connectivity index (χ4v) is 5.09. The Labute approximate surface area is 272 Å². The zero-order valence-electron chi connectivity index (χ0n) is 27.0. The van der Waals surface area contributed by atoms with Gasteiger partial charge in [0.15, 0.2) is 23.9 Å². The van der Waals surface area contributed by atoms with Crippen LogP contribution in [0.4, 0.5) is 10.1 Å². The first-order chi connectivity index (χ1) is 22.7. The van der Waals surface area contributed by atoms with Gasteiger partial charge in [-0.3, -0.25) is 9.59 Å². The van der Waals surface area contributed by atoms with Crippen molar-refractivity contribution >= 4 is 28.7 Å². The van der Waals surface area contributed by atoms with Crippen molar-refractivity contribution in [2.24, 2.45) is 5.10 Å². The van der Waals surface area contributed by atoms with E-state index in [2.05, 4.69) is 24.3 Å². The van der Waals surface area contributed by atoms with Crippen LogP contribution in [0.5, 0.6) is 17.2 Å². The standard InChI is InChI=1S/C37H37FN4O5/c1-6-45-33-18-24(5)28(20-27(33)23(3)4)36-41-30-14-10-8-12-26(30)37(44)42(36)39-21-25-16-17-32(34(19-25)46-7-2)47-22-35(43)40-31-15-11-9-13-29(31)38/h8-21,23H,6-7,22H2,1-5H3,(H,40,43). The molecule has 0 atom stereocenters. The molecule has 10 heteroatoms. The van der Waals surface area contributed by atoms with Gasteiger partial charge in [-0.2, -0.15) is 9.78 Å². The van der Waals surface area contributed by atoms with E-state index in [4.69, 9.17) is 19.2 Å². The Morgan fingerprint density at radius 3 is 2.40 bits per heavy atom. The number of anilines is 1. The van der Waals surface area contributed by atoms with Crippen molar-refractivity contribution in [1.29, 1.82) is 0 Å². The summed E-state index contributed by atoms with van der Waals surface area (Å²) in [5, 5.41) is 7.56. The summed E-state index contributed by atoms with van der Waals surface area (Å²) < 4.78 is 32.7. The summed E-state index contributed by atoms with van der Waals surface area (Å²) in [4.78, 5) is 31.2. The number of fused-ring (bicyclic) bond motifs is 1. The highest BCUT2D eigenvalue weighted by Gasteiger charge is 2.19. The van der Waals surface area contributed by atoms with Gasteiger partial charge in [-0.15, -0.1) is 0 Å². The SMILES string of the molecule is CCOc1cc(C=Nn2c(-c3cc(C(C)C)c(OCC)cc3C)nc3ccccc3c2=O)ccc1OCC(=O)Nc1ccccc1F. The molecule has 5 aromatic rings. The summed E-state index contributed by atoms with van der Waals surface area (Å²) in [5.74, 6) is 1.01. The number of para-hydroxylation sites is 2. The minimum atomic E-state index is -0.540. The van der Waals surface area contributed by atoms with Crippen LogP contribution >= 0.6 is 0 Å². The third-order valence-corrected chi connectivity index (χ3v) is 7.37. The van der Waals surface area contributed by atoms with Gasteiger partial charge in [0.25, 0.3) is 11.5 Å². The number of nitrogens with one attached hydrogen (secondary N) is 1. The molecule has 4 aromatic carbocycles. The van der Waals surface area contributed by atoms with E-state index >= 15 is 0 Å². The quantitative estimate of drug-likeness (QED) is 0.144. The van der Waals surface area contributed by atoms with Crippen LogP contribution in [0.25, 0.3) is 22.3 Å². The molecule has 0 unspecified atom stereocenters. The number of rotatable bonds is 12. The fraction of sp³-hybridized carbons (Fsp3) is 0.243. The molecule has 0 spiro atoms. The maximum atomic E-state index is 13.9. The highest BCUT2D eigenvalue weighted by Crippen LogP contribution is 2.34. The lowest BCUT2D eigenvalue weighted by molar-refractivity contribution is -0.118. The Hall–Kier alpha value is -5.51. The highest BCUT2D eigenvalue weighted by atomic mass is 19.1. The van der Waals surface area contributed by atoms with Crippen molar-refractivity contribution in [1.82, 2.24) is 9.66 Å². The van der Waals surface area contributed by atoms with Gasteiger partial charge in [0.1, 0.15) is 11.6 Å². The van der Waals surface area contributed by atoms with Crippen molar-refractivity contribution in [2.75, 3.05) is 25.1 Å². The van der Waals surface area contributed by atoms with Crippen LogP contribution in [0.2, 0.25) is 0 Å². The number of aromatic nitrogens is 2. The smallest absolute Gasteiger partial charge is 0.282 e. The molecule has 0 aliphatic rings. The van der Waals surface area contributed by atoms with Gasteiger partial charge in [-0.25, -0.2) is 9.37 Å². The van der Waals surface area contributed by atoms with E-state index in [0.717, 1.165) is 22.4 Å². The van der Waals surface area contributed by atoms with Crippen molar-refractivity contribution < 1.29 is 23.4 Å². The predicted octanol–water partition coefficient (Wildman–Crippen LogP) is 7.33. The minimum absolute atomic E-state index is 0.0661. The molecule has 47 heavy (non-hydrogen) atoms. The number of carbonyl (C=O) groups excluding carboxylic acids is 1. The van der Waals surface area contributed by atoms with Crippen LogP contribution in [0.15, 0.2) is 88.8 Å². The first-order valence-corrected chi connectivity index (χ1v) is 15.5. The molecule has 242 valence electrons. The molecule has 1 aromatic heterocycles. The maximum absolute atomic E-state index is 13.9. The van der Waals surface area contributed by atoms with E-state index < -0.39 is 11.7 Å². The van der Waals surface area contributed by atoms with Crippen molar-refractivity contribution in [3.8, 4) is 28.6 Å². The second kappa shape index (κ2) is 14.7. The molecule has 9 nitrogen and oxygen atoms in total. The van der Waals surface area contributed by atoms with Crippen LogP contribution in [0.1, 0.15) is 50.3 Å². The Morgan fingerprint density at radius 1 is 0.936 bits per heavy atom. The number of aryl methyl sites for hydroxylation is 1. The lowest BCUT2D eigenvalue weighted by Gasteiger charge is -2.18. The molecule has 1 N–H and O–H groups in total. The van der Waals surface area contributed by atoms with Crippen LogP contribution in [-0.4, -0.2) is 41.6 Å². The number of carbonyl (C=O) groups is 1. The van der Waals surface area contributed by atoms with Gasteiger partial charge in [0.2, 0.25) is 0 Å². The summed E-state index contributed by atoms with van der Waals surface area (Å²) >= 11 is 0. The molecule has 0 bridgehead atoms. The number of benzene rings is 4. The molecule has 0 saturated heterocycles. The molecule has 1 amide bonds. The molecule has 0 fully saturated rings. The number of ether oxygens (including phenoxy) is 3. The zero-order chi connectivity index (χ0) is 33.5. The summed E-state index contributed by atoms with van der Waals surface area (Å²) in [6.07, 6.45) is 1.55. The van der Waals surface area contributed by atoms with Gasteiger partial charge in [-0.05, 0) is 98.0 Å². The normalized spacial score (nSPS) is 11.3. The first kappa shape index (κ1) is 32.9. The van der Waals surface area contributed by atoms with E-state index in [9.17, 15) is 14.0 Å². The van der Waals surface area contributed by atoms with Crippen molar-refractivity contribution in [3.63, 3.8) is 0 Å². The summed E-state index contributed by atoms with van der Waals surface area (Å²) in [7, 11) is 0. The number of hydrogen-bond acceptors (Lipinski definition) is 7. The number of nitrogens with zero attached hydrogens (tertiary/aromatic N) is 3. The number of halogens is 1. The average Bonchev–Trinajstić information content (AvgIpc) is 3.05. The largest absolute Gasteiger partial charge is 0.494 e. The Kier molecular flexibility index (Phi) is 10.3. The van der Waals surface area contributed by atoms with Gasteiger partial charge in [0, 0.05) is 5.56 Å². The lowest BCUT2D eigenvalue weighted by Crippen LogP contribution is -2.21. The van der Waals surface area contributed by atoms with Crippen LogP contribution in [-0.2, 0) is 4.79 Å². The predicted molar refractivity (Wildman–Crippen MR) is 183 cm³/mol. The van der Waals surface area contributed by atoms with Gasteiger partial charge < -0.3 is 19.5 Å². The third kappa shape index (κ3) is 7.49. The molecule has 0 aliphatic carbocycles. The van der Waals surface area contributed by atoms with Crippen molar-refractivity contribution in [2.45, 2.75) is 40.5 Å². The molecule has 5 rings (SSSR count). The molecule has 0 aliphatic heterocycles. The summed E-state index contributed by atoms with van der Waals surface area (Å²) in [6, 6.07) is 22.2. The van der Waals surface area contributed by atoms with Gasteiger partial charge in [-0.1, -0.05) is 38.1 Å². The second-order valence-corrected chi connectivity index (χ2v) is 11.1. The number of hydrogen-bond donors (Lipinski definition) is 1. The first-order valence-electron chi connectivity index (χ1n) is 15.5. The highest BCUT2D eigenvalue weighted by molar-refractivity contribution is 5.92. The van der Waals surface area contributed by atoms with E-state index in [0.29, 0.717) is 47.0 Å². The average molecular weight is 637 g/mol. The van der Waals surface area contributed by atoms with Crippen LogP contribution in [0.3, 0.4) is 0 Å². The molecule has 0 saturated carbocycles. The Bertz CT molecular complexity index is 2000. The molecule has 0 radical (unpaired) electrons. The third-order valence-electron chi connectivity index (χ3n) is 7.37. The fourth-order valence-electron chi connectivity index (χ4n) is 5.09. The molecule has 1 heterocycles. The van der Waals surface area contributed by atoms with E-state index in [1.54, 1.807) is 42.6 Å². The van der Waals surface area contributed by atoms with Crippen LogP contribution in [0, 0.1) is 12.7 Å². The van der Waals surface area contributed by atoms with E-state index in [-0.39, 0.29) is 23.8 Å². The van der Waals surface area contributed by atoms with Crippen molar-refractivity contribution in [3.05, 3.63) is 112 Å². The van der Waals surface area contributed by atoms with Gasteiger partial charge in [0.05, 0.1) is 36.0 Å². The maximum Gasteiger partial charge on any atom is 0.282 e. The van der Waals surface area contributed by atoms with Gasteiger partial charge >= 0.3 is 0 Å². The summed E-state index contributed by atoms with van der Waals surface area (Å²) in [5.41, 5.74) is 3.60. The second-order valence-electron chi connectivity index (χ2n) is 11.1. The number of amides is 1. The zero-order valence-corrected chi connectivity index (χ0v) is 27.0. The molecular weight excluding hydrogens is 599 g/mol. The lowest BCUT2D eigenvalue weighted by atomic mass is 9.96. The summed E-state index contributed by atoms with van der Waals surface area (Å²) in [6.45, 7) is 10.4.